The van der Waals surface area contributed by atoms with Crippen LogP contribution in [0.2, 0.25) is 0 Å². The van der Waals surface area contributed by atoms with Crippen LogP contribution < -0.4 is 19.9 Å². The van der Waals surface area contributed by atoms with Gasteiger partial charge in [-0.05, 0) is 78.8 Å². The van der Waals surface area contributed by atoms with E-state index in [1.807, 2.05) is 35.2 Å². The van der Waals surface area contributed by atoms with Gasteiger partial charge in [-0.25, -0.2) is 9.69 Å². The normalized spacial score (nSPS) is 24.4. The average molecular weight is 550 g/mol. The average Bonchev–Trinajstić information content (AvgIpc) is 2.95. The minimum absolute atomic E-state index is 0.0167. The molecule has 7 nitrogen and oxygen atoms in total. The molecule has 3 heterocycles. The molecule has 3 aliphatic heterocycles. The molecule has 0 aliphatic carbocycles. The van der Waals surface area contributed by atoms with Gasteiger partial charge >= 0.3 is 12.2 Å². The predicted octanol–water partition coefficient (Wildman–Crippen LogP) is 5.29. The maximum absolute atomic E-state index is 14.4. The Morgan fingerprint density at radius 3 is 2.38 bits per heavy atom. The fourth-order valence-corrected chi connectivity index (χ4v) is 6.42. The van der Waals surface area contributed by atoms with Crippen LogP contribution in [0.1, 0.15) is 35.4 Å². The zero-order valence-electron chi connectivity index (χ0n) is 21.6. The highest BCUT2D eigenvalue weighted by atomic mass is 19.4. The summed E-state index contributed by atoms with van der Waals surface area (Å²) in [7, 11) is 1.48. The molecule has 0 radical (unpaired) electrons. The Hall–Kier alpha value is -4.34. The van der Waals surface area contributed by atoms with Crippen LogP contribution in [0.3, 0.4) is 0 Å². The smallest absolute Gasteiger partial charge is 0.416 e. The van der Waals surface area contributed by atoms with Crippen molar-refractivity contribution in [2.45, 2.75) is 37.4 Å². The zero-order valence-corrected chi connectivity index (χ0v) is 21.6. The SMILES string of the molecule is COc1ccc(N2C(=O)NC(=O)[C@@]3(Cc4cc(C(F)(F)F)ccc4N4CC[C@@H](c5ccccc5)C[C@@H]43)C2=O)cc1. The first kappa shape index (κ1) is 25.9. The predicted molar refractivity (Wildman–Crippen MR) is 141 cm³/mol. The van der Waals surface area contributed by atoms with Crippen molar-refractivity contribution in [3.8, 4) is 5.75 Å². The number of imide groups is 2. The Morgan fingerprint density at radius 1 is 0.975 bits per heavy atom. The van der Waals surface area contributed by atoms with Gasteiger partial charge in [0.2, 0.25) is 5.91 Å². The molecule has 2 saturated heterocycles. The molecule has 3 aromatic carbocycles. The number of hydrogen-bond acceptors (Lipinski definition) is 5. The second-order valence-electron chi connectivity index (χ2n) is 10.4. The van der Waals surface area contributed by atoms with Gasteiger partial charge in [0.1, 0.15) is 5.75 Å². The van der Waals surface area contributed by atoms with Gasteiger partial charge in [0, 0.05) is 12.2 Å². The number of piperidine rings is 1. The minimum Gasteiger partial charge on any atom is -0.497 e. The van der Waals surface area contributed by atoms with Gasteiger partial charge in [-0.1, -0.05) is 30.3 Å². The Morgan fingerprint density at radius 2 is 1.70 bits per heavy atom. The van der Waals surface area contributed by atoms with Crippen LogP contribution in [-0.4, -0.2) is 37.5 Å². The molecule has 6 rings (SSSR count). The van der Waals surface area contributed by atoms with Gasteiger partial charge in [0.25, 0.3) is 5.91 Å². The number of carbonyl (C=O) groups is 3. The van der Waals surface area contributed by atoms with Gasteiger partial charge in [0.15, 0.2) is 5.41 Å². The van der Waals surface area contributed by atoms with E-state index in [9.17, 15) is 27.6 Å². The summed E-state index contributed by atoms with van der Waals surface area (Å²) < 4.78 is 46.3. The maximum Gasteiger partial charge on any atom is 0.416 e. The highest BCUT2D eigenvalue weighted by Crippen LogP contribution is 2.51. The van der Waals surface area contributed by atoms with Crippen LogP contribution in [-0.2, 0) is 22.2 Å². The second kappa shape index (κ2) is 9.39. The van der Waals surface area contributed by atoms with E-state index in [0.29, 0.717) is 30.8 Å². The van der Waals surface area contributed by atoms with Crippen molar-refractivity contribution in [1.29, 1.82) is 0 Å². The van der Waals surface area contributed by atoms with E-state index >= 15 is 0 Å². The lowest BCUT2D eigenvalue weighted by Crippen LogP contribution is -2.73. The first-order chi connectivity index (χ1) is 19.1. The number of carbonyl (C=O) groups excluding carboxylic acids is 3. The number of barbiturate groups is 1. The number of benzene rings is 3. The van der Waals surface area contributed by atoms with Crippen molar-refractivity contribution >= 4 is 29.2 Å². The maximum atomic E-state index is 14.4. The Balaban J connectivity index is 1.49. The van der Waals surface area contributed by atoms with Gasteiger partial charge in [-0.15, -0.1) is 0 Å². The second-order valence-corrected chi connectivity index (χ2v) is 10.4. The molecular weight excluding hydrogens is 523 g/mol. The first-order valence-corrected chi connectivity index (χ1v) is 13.0. The summed E-state index contributed by atoms with van der Waals surface area (Å²) in [6.45, 7) is 0.432. The third kappa shape index (κ3) is 4.01. The number of ether oxygens (including phenoxy) is 1. The number of nitrogens with one attached hydrogen (secondary N) is 1. The number of hydrogen-bond donors (Lipinski definition) is 1. The lowest BCUT2D eigenvalue weighted by atomic mass is 9.64. The van der Waals surface area contributed by atoms with Gasteiger partial charge in [0.05, 0.1) is 24.4 Å². The molecule has 3 aliphatic rings. The number of rotatable bonds is 3. The summed E-state index contributed by atoms with van der Waals surface area (Å²) >= 11 is 0. The molecule has 3 atom stereocenters. The number of fused-ring (bicyclic) bond motifs is 4. The largest absolute Gasteiger partial charge is 0.497 e. The Kier molecular flexibility index (Phi) is 6.08. The first-order valence-electron chi connectivity index (χ1n) is 13.0. The fourth-order valence-electron chi connectivity index (χ4n) is 6.42. The molecule has 0 unspecified atom stereocenters. The van der Waals surface area contributed by atoms with Crippen molar-refractivity contribution in [1.82, 2.24) is 5.32 Å². The van der Waals surface area contributed by atoms with Gasteiger partial charge in [-0.2, -0.15) is 13.2 Å². The summed E-state index contributed by atoms with van der Waals surface area (Å²) in [4.78, 5) is 44.1. The van der Waals surface area contributed by atoms with Crippen LogP contribution >= 0.6 is 0 Å². The topological polar surface area (TPSA) is 79.0 Å². The van der Waals surface area contributed by atoms with E-state index in [2.05, 4.69) is 5.32 Å². The molecule has 206 valence electrons. The molecule has 40 heavy (non-hydrogen) atoms. The van der Waals surface area contributed by atoms with E-state index in [1.54, 1.807) is 12.1 Å². The molecular formula is C30H26F3N3O4. The standard InChI is InChI=1S/C30H26F3N3O4/c1-40-23-10-8-22(9-11-23)36-27(38)29(26(37)34-28(36)39)17-20-15-21(30(31,32)33)7-12-24(20)35-14-13-19(16-25(29)35)18-5-3-2-4-6-18/h2-12,15,19,25H,13-14,16-17H2,1H3,(H,34,37,39)/t19-,25-,29+/m1/s1. The highest BCUT2D eigenvalue weighted by Gasteiger charge is 2.63. The Labute approximate surface area is 228 Å². The van der Waals surface area contributed by atoms with E-state index in [-0.39, 0.29) is 23.6 Å². The third-order valence-electron chi connectivity index (χ3n) is 8.37. The van der Waals surface area contributed by atoms with Crippen molar-refractivity contribution in [3.05, 3.63) is 89.5 Å². The number of methoxy groups -OCH3 is 1. The summed E-state index contributed by atoms with van der Waals surface area (Å²) in [5, 5.41) is 2.36. The van der Waals surface area contributed by atoms with Crippen LogP contribution in [0.15, 0.2) is 72.8 Å². The van der Waals surface area contributed by atoms with Crippen LogP contribution in [0.25, 0.3) is 0 Å². The Bertz CT molecular complexity index is 1490. The third-order valence-corrected chi connectivity index (χ3v) is 8.37. The number of alkyl halides is 3. The van der Waals surface area contributed by atoms with Gasteiger partial charge < -0.3 is 9.64 Å². The number of anilines is 2. The van der Waals surface area contributed by atoms with Crippen molar-refractivity contribution in [2.75, 3.05) is 23.5 Å². The minimum atomic E-state index is -4.59. The highest BCUT2D eigenvalue weighted by molar-refractivity contribution is 6.30. The van der Waals surface area contributed by atoms with Crippen LogP contribution in [0.4, 0.5) is 29.3 Å². The fraction of sp³-hybridized carbons (Fsp3) is 0.300. The summed E-state index contributed by atoms with van der Waals surface area (Å²) in [6, 6.07) is 17.9. The molecule has 0 aromatic heterocycles. The summed E-state index contributed by atoms with van der Waals surface area (Å²) in [5.74, 6) is -1.02. The van der Waals surface area contributed by atoms with E-state index in [1.165, 1.54) is 25.3 Å². The number of amides is 4. The van der Waals surface area contributed by atoms with Crippen LogP contribution in [0, 0.1) is 5.41 Å². The van der Waals surface area contributed by atoms with E-state index in [0.717, 1.165) is 22.6 Å². The molecule has 4 amide bonds. The molecule has 1 spiro atoms. The van der Waals surface area contributed by atoms with Crippen molar-refractivity contribution in [3.63, 3.8) is 0 Å². The number of halogens is 3. The molecule has 1 N–H and O–H groups in total. The quantitative estimate of drug-likeness (QED) is 0.449. The lowest BCUT2D eigenvalue weighted by Gasteiger charge is -2.55. The summed E-state index contributed by atoms with van der Waals surface area (Å²) in [6.07, 6.45) is -3.76. The van der Waals surface area contributed by atoms with Crippen molar-refractivity contribution in [2.24, 2.45) is 5.41 Å². The molecule has 10 heteroatoms. The lowest BCUT2D eigenvalue weighted by molar-refractivity contribution is -0.145. The number of nitrogens with zero attached hydrogens (tertiary/aromatic N) is 2. The van der Waals surface area contributed by atoms with Crippen molar-refractivity contribution < 1.29 is 32.3 Å². The zero-order chi connectivity index (χ0) is 28.2. The molecule has 0 saturated carbocycles. The van der Waals surface area contributed by atoms with Gasteiger partial charge in [-0.3, -0.25) is 14.9 Å². The molecule has 3 aromatic rings. The molecule has 0 bridgehead atoms. The monoisotopic (exact) mass is 549 g/mol. The van der Waals surface area contributed by atoms with E-state index < -0.39 is 41.0 Å². The van der Waals surface area contributed by atoms with Crippen LogP contribution in [0.5, 0.6) is 5.75 Å². The summed E-state index contributed by atoms with van der Waals surface area (Å²) in [5.41, 5.74) is -0.571. The number of urea groups is 1. The molecule has 2 fully saturated rings. The van der Waals surface area contributed by atoms with E-state index in [4.69, 9.17) is 4.74 Å².